The molecule has 5 nitrogen and oxygen atoms in total. The molecule has 0 radical (unpaired) electrons. The van der Waals surface area contributed by atoms with Gasteiger partial charge in [-0.3, -0.25) is 0 Å². The van der Waals surface area contributed by atoms with Crippen molar-refractivity contribution < 1.29 is 0 Å². The van der Waals surface area contributed by atoms with E-state index in [1.54, 1.807) is 6.20 Å². The minimum absolute atomic E-state index is 0.0920. The van der Waals surface area contributed by atoms with Crippen molar-refractivity contribution in [3.05, 3.63) is 35.8 Å². The number of rotatable bonds is 4. The van der Waals surface area contributed by atoms with Crippen LogP contribution in [0.15, 0.2) is 18.5 Å². The minimum atomic E-state index is 0.0920. The van der Waals surface area contributed by atoms with Gasteiger partial charge in [-0.05, 0) is 13.8 Å². The summed E-state index contributed by atoms with van der Waals surface area (Å²) >= 11 is 0. The third-order valence-electron chi connectivity index (χ3n) is 2.68. The molecule has 96 valence electrons. The summed E-state index contributed by atoms with van der Waals surface area (Å²) in [6.07, 6.45) is 3.57. The third-order valence-corrected chi connectivity index (χ3v) is 2.68. The SMILES string of the molecule is Cc1cc(NC(C)c2ncc[nH]2)nc(C(C)C)n1. The lowest BCUT2D eigenvalue weighted by Gasteiger charge is -2.14. The molecule has 5 heteroatoms. The fourth-order valence-electron chi connectivity index (χ4n) is 1.73. The van der Waals surface area contributed by atoms with Crippen molar-refractivity contribution in [3.63, 3.8) is 0 Å². The molecule has 0 bridgehead atoms. The van der Waals surface area contributed by atoms with Crippen molar-refractivity contribution >= 4 is 5.82 Å². The molecular formula is C13H19N5. The van der Waals surface area contributed by atoms with Crippen LogP contribution >= 0.6 is 0 Å². The highest BCUT2D eigenvalue weighted by Gasteiger charge is 2.10. The van der Waals surface area contributed by atoms with Crippen molar-refractivity contribution in [2.75, 3.05) is 5.32 Å². The van der Waals surface area contributed by atoms with Crippen molar-refractivity contribution in [3.8, 4) is 0 Å². The predicted molar refractivity (Wildman–Crippen MR) is 71.5 cm³/mol. The van der Waals surface area contributed by atoms with Crippen LogP contribution in [0.25, 0.3) is 0 Å². The average molecular weight is 245 g/mol. The van der Waals surface area contributed by atoms with Gasteiger partial charge < -0.3 is 10.3 Å². The van der Waals surface area contributed by atoms with E-state index in [4.69, 9.17) is 0 Å². The molecule has 0 aliphatic rings. The number of hydrogen-bond acceptors (Lipinski definition) is 4. The predicted octanol–water partition coefficient (Wildman–Crippen LogP) is 2.80. The van der Waals surface area contributed by atoms with Gasteiger partial charge in [-0.2, -0.15) is 0 Å². The first kappa shape index (κ1) is 12.5. The monoisotopic (exact) mass is 245 g/mol. The van der Waals surface area contributed by atoms with E-state index in [0.717, 1.165) is 23.2 Å². The summed E-state index contributed by atoms with van der Waals surface area (Å²) in [7, 11) is 0. The normalized spacial score (nSPS) is 12.7. The lowest BCUT2D eigenvalue weighted by Crippen LogP contribution is -2.11. The van der Waals surface area contributed by atoms with Gasteiger partial charge >= 0.3 is 0 Å². The topological polar surface area (TPSA) is 66.5 Å². The van der Waals surface area contributed by atoms with E-state index in [9.17, 15) is 0 Å². The largest absolute Gasteiger partial charge is 0.360 e. The summed E-state index contributed by atoms with van der Waals surface area (Å²) < 4.78 is 0. The second kappa shape index (κ2) is 5.16. The highest BCUT2D eigenvalue weighted by Crippen LogP contribution is 2.17. The molecule has 2 aromatic heterocycles. The van der Waals surface area contributed by atoms with E-state index in [0.29, 0.717) is 5.92 Å². The summed E-state index contributed by atoms with van der Waals surface area (Å²) in [5, 5.41) is 3.34. The smallest absolute Gasteiger partial charge is 0.133 e. The number of aromatic nitrogens is 4. The van der Waals surface area contributed by atoms with Gasteiger partial charge in [0.1, 0.15) is 17.5 Å². The molecule has 2 rings (SSSR count). The Bertz CT molecular complexity index is 504. The summed E-state index contributed by atoms with van der Waals surface area (Å²) in [6, 6.07) is 2.04. The third kappa shape index (κ3) is 2.85. The van der Waals surface area contributed by atoms with Crippen LogP contribution in [-0.2, 0) is 0 Å². The summed E-state index contributed by atoms with van der Waals surface area (Å²) in [5.74, 6) is 2.93. The Morgan fingerprint density at radius 1 is 1.22 bits per heavy atom. The molecule has 0 amide bonds. The minimum Gasteiger partial charge on any atom is -0.360 e. The van der Waals surface area contributed by atoms with E-state index in [2.05, 4.69) is 39.1 Å². The number of anilines is 1. The molecule has 1 unspecified atom stereocenters. The van der Waals surface area contributed by atoms with Crippen LogP contribution in [0.4, 0.5) is 5.82 Å². The van der Waals surface area contributed by atoms with Gasteiger partial charge in [0, 0.05) is 30.1 Å². The van der Waals surface area contributed by atoms with Gasteiger partial charge in [-0.25, -0.2) is 15.0 Å². The molecule has 1 atom stereocenters. The van der Waals surface area contributed by atoms with Crippen LogP contribution in [0.1, 0.15) is 50.1 Å². The lowest BCUT2D eigenvalue weighted by molar-refractivity contribution is 0.753. The second-order valence-corrected chi connectivity index (χ2v) is 4.75. The zero-order valence-corrected chi connectivity index (χ0v) is 11.2. The van der Waals surface area contributed by atoms with Gasteiger partial charge in [0.15, 0.2) is 0 Å². The number of nitrogens with one attached hydrogen (secondary N) is 2. The van der Waals surface area contributed by atoms with Gasteiger partial charge in [-0.15, -0.1) is 0 Å². The Morgan fingerprint density at radius 3 is 2.61 bits per heavy atom. The fourth-order valence-corrected chi connectivity index (χ4v) is 1.73. The molecule has 0 aliphatic carbocycles. The van der Waals surface area contributed by atoms with Crippen molar-refractivity contribution in [2.45, 2.75) is 39.7 Å². The molecule has 0 aromatic carbocycles. The first-order valence-corrected chi connectivity index (χ1v) is 6.17. The zero-order valence-electron chi connectivity index (χ0n) is 11.2. The summed E-state index contributed by atoms with van der Waals surface area (Å²) in [5.41, 5.74) is 0.975. The molecule has 2 heterocycles. The Labute approximate surface area is 107 Å². The van der Waals surface area contributed by atoms with Crippen LogP contribution in [-0.4, -0.2) is 19.9 Å². The fraction of sp³-hybridized carbons (Fsp3) is 0.462. The Morgan fingerprint density at radius 2 is 2.00 bits per heavy atom. The molecule has 18 heavy (non-hydrogen) atoms. The quantitative estimate of drug-likeness (QED) is 0.869. The van der Waals surface area contributed by atoms with Crippen LogP contribution in [0.2, 0.25) is 0 Å². The van der Waals surface area contributed by atoms with Crippen LogP contribution < -0.4 is 5.32 Å². The van der Waals surface area contributed by atoms with E-state index >= 15 is 0 Å². The Kier molecular flexibility index (Phi) is 3.60. The second-order valence-electron chi connectivity index (χ2n) is 4.75. The highest BCUT2D eigenvalue weighted by atomic mass is 15.1. The standard InChI is InChI=1S/C13H19N5/c1-8(2)12-16-9(3)7-11(18-12)17-10(4)13-14-5-6-15-13/h5-8,10H,1-4H3,(H,14,15)(H,16,17,18). The first-order valence-electron chi connectivity index (χ1n) is 6.17. The van der Waals surface area contributed by atoms with Gasteiger partial charge in [0.25, 0.3) is 0 Å². The number of aromatic amines is 1. The molecule has 2 N–H and O–H groups in total. The maximum Gasteiger partial charge on any atom is 0.133 e. The van der Waals surface area contributed by atoms with Crippen molar-refractivity contribution in [1.29, 1.82) is 0 Å². The van der Waals surface area contributed by atoms with Gasteiger partial charge in [-0.1, -0.05) is 13.8 Å². The van der Waals surface area contributed by atoms with E-state index in [-0.39, 0.29) is 6.04 Å². The van der Waals surface area contributed by atoms with Crippen molar-refractivity contribution in [1.82, 2.24) is 19.9 Å². The number of H-pyrrole nitrogens is 1. The maximum atomic E-state index is 4.52. The summed E-state index contributed by atoms with van der Waals surface area (Å²) in [4.78, 5) is 16.3. The highest BCUT2D eigenvalue weighted by molar-refractivity contribution is 5.38. The van der Waals surface area contributed by atoms with Crippen LogP contribution in [0, 0.1) is 6.92 Å². The Hall–Kier alpha value is -1.91. The van der Waals surface area contributed by atoms with E-state index in [1.165, 1.54) is 0 Å². The summed E-state index contributed by atoms with van der Waals surface area (Å²) in [6.45, 7) is 8.21. The number of aryl methyl sites for hydroxylation is 1. The molecule has 0 saturated carbocycles. The van der Waals surface area contributed by atoms with E-state index < -0.39 is 0 Å². The first-order chi connectivity index (χ1) is 8.56. The number of nitrogens with zero attached hydrogens (tertiary/aromatic N) is 3. The van der Waals surface area contributed by atoms with E-state index in [1.807, 2.05) is 26.1 Å². The lowest BCUT2D eigenvalue weighted by atomic mass is 10.2. The molecule has 0 spiro atoms. The van der Waals surface area contributed by atoms with Crippen LogP contribution in [0.3, 0.4) is 0 Å². The number of hydrogen-bond donors (Lipinski definition) is 2. The average Bonchev–Trinajstić information content (AvgIpc) is 2.81. The molecule has 0 saturated heterocycles. The molecule has 2 aromatic rings. The van der Waals surface area contributed by atoms with Gasteiger partial charge in [0.05, 0.1) is 6.04 Å². The Balaban J connectivity index is 2.18. The molecule has 0 fully saturated rings. The van der Waals surface area contributed by atoms with Crippen molar-refractivity contribution in [2.24, 2.45) is 0 Å². The number of imidazole rings is 1. The maximum absolute atomic E-state index is 4.52. The van der Waals surface area contributed by atoms with Crippen LogP contribution in [0.5, 0.6) is 0 Å². The van der Waals surface area contributed by atoms with Gasteiger partial charge in [0.2, 0.25) is 0 Å². The zero-order chi connectivity index (χ0) is 13.1. The molecular weight excluding hydrogens is 226 g/mol. The molecule has 0 aliphatic heterocycles.